The maximum Gasteiger partial charge on any atom is 0.262 e. The summed E-state index contributed by atoms with van der Waals surface area (Å²) in [5.41, 5.74) is 1.46. The largest absolute Gasteiger partial charge is 0.383 e. The molecule has 0 saturated heterocycles. The van der Waals surface area contributed by atoms with E-state index in [2.05, 4.69) is 10.3 Å². The number of hydrogen-bond donors (Lipinski definition) is 1. The van der Waals surface area contributed by atoms with E-state index < -0.39 is 10.0 Å². The molecular weight excluding hydrogens is 286 g/mol. The SMILES string of the molecule is CCNc1cccnc1S(=O)(=O)N(C)Cc1ccccc1. The fourth-order valence-corrected chi connectivity index (χ4v) is 3.22. The highest BCUT2D eigenvalue weighted by Gasteiger charge is 2.25. The van der Waals surface area contributed by atoms with Crippen molar-refractivity contribution in [2.45, 2.75) is 18.5 Å². The van der Waals surface area contributed by atoms with Crippen LogP contribution in [0.1, 0.15) is 12.5 Å². The molecule has 0 fully saturated rings. The van der Waals surface area contributed by atoms with Gasteiger partial charge in [-0.1, -0.05) is 30.3 Å². The number of sulfonamides is 1. The van der Waals surface area contributed by atoms with Crippen LogP contribution in [-0.4, -0.2) is 31.3 Å². The van der Waals surface area contributed by atoms with Crippen molar-refractivity contribution in [2.75, 3.05) is 18.9 Å². The van der Waals surface area contributed by atoms with Crippen molar-refractivity contribution in [1.82, 2.24) is 9.29 Å². The maximum atomic E-state index is 12.7. The Morgan fingerprint density at radius 3 is 2.52 bits per heavy atom. The minimum absolute atomic E-state index is 0.0604. The zero-order chi connectivity index (χ0) is 15.3. The van der Waals surface area contributed by atoms with Gasteiger partial charge in [-0.2, -0.15) is 4.31 Å². The molecule has 0 radical (unpaired) electrons. The Morgan fingerprint density at radius 1 is 1.14 bits per heavy atom. The Kier molecular flexibility index (Phi) is 4.93. The Balaban J connectivity index is 2.29. The number of anilines is 1. The van der Waals surface area contributed by atoms with Gasteiger partial charge in [-0.05, 0) is 24.6 Å². The molecule has 21 heavy (non-hydrogen) atoms. The number of nitrogens with one attached hydrogen (secondary N) is 1. The number of hydrogen-bond acceptors (Lipinski definition) is 4. The topological polar surface area (TPSA) is 62.3 Å². The number of nitrogens with zero attached hydrogens (tertiary/aromatic N) is 2. The minimum atomic E-state index is -3.63. The molecule has 0 amide bonds. The van der Waals surface area contributed by atoms with Crippen LogP contribution < -0.4 is 5.32 Å². The molecule has 0 aliphatic rings. The van der Waals surface area contributed by atoms with Crippen molar-refractivity contribution in [1.29, 1.82) is 0 Å². The zero-order valence-electron chi connectivity index (χ0n) is 12.2. The number of rotatable bonds is 6. The number of aromatic nitrogens is 1. The van der Waals surface area contributed by atoms with Gasteiger partial charge in [-0.15, -0.1) is 0 Å². The maximum absolute atomic E-state index is 12.7. The predicted molar refractivity (Wildman–Crippen MR) is 83.5 cm³/mol. The summed E-state index contributed by atoms with van der Waals surface area (Å²) < 4.78 is 26.6. The number of benzene rings is 1. The van der Waals surface area contributed by atoms with Crippen molar-refractivity contribution in [3.8, 4) is 0 Å². The summed E-state index contributed by atoms with van der Waals surface area (Å²) in [6.07, 6.45) is 1.49. The van der Waals surface area contributed by atoms with Crippen LogP contribution in [0.3, 0.4) is 0 Å². The second kappa shape index (κ2) is 6.69. The molecule has 0 bridgehead atoms. The Morgan fingerprint density at radius 2 is 1.86 bits per heavy atom. The van der Waals surface area contributed by atoms with E-state index in [1.807, 2.05) is 37.3 Å². The zero-order valence-corrected chi connectivity index (χ0v) is 13.0. The van der Waals surface area contributed by atoms with Crippen molar-refractivity contribution in [2.24, 2.45) is 0 Å². The van der Waals surface area contributed by atoms with Crippen LogP contribution in [0.15, 0.2) is 53.7 Å². The molecule has 112 valence electrons. The fourth-order valence-electron chi connectivity index (χ4n) is 1.99. The summed E-state index contributed by atoms with van der Waals surface area (Å²) >= 11 is 0. The van der Waals surface area contributed by atoms with Crippen molar-refractivity contribution in [3.63, 3.8) is 0 Å². The van der Waals surface area contributed by atoms with Gasteiger partial charge >= 0.3 is 0 Å². The quantitative estimate of drug-likeness (QED) is 0.890. The molecule has 0 spiro atoms. The van der Waals surface area contributed by atoms with E-state index >= 15 is 0 Å². The van der Waals surface area contributed by atoms with Gasteiger partial charge in [-0.3, -0.25) is 0 Å². The third kappa shape index (κ3) is 3.59. The van der Waals surface area contributed by atoms with E-state index in [9.17, 15) is 8.42 Å². The highest BCUT2D eigenvalue weighted by atomic mass is 32.2. The van der Waals surface area contributed by atoms with Crippen LogP contribution >= 0.6 is 0 Å². The smallest absolute Gasteiger partial charge is 0.262 e. The first-order chi connectivity index (χ1) is 10.1. The van der Waals surface area contributed by atoms with Crippen molar-refractivity contribution in [3.05, 3.63) is 54.2 Å². The molecule has 0 saturated carbocycles. The Labute approximate surface area is 125 Å². The average Bonchev–Trinajstić information content (AvgIpc) is 2.49. The van der Waals surface area contributed by atoms with E-state index in [0.717, 1.165) is 5.56 Å². The van der Waals surface area contributed by atoms with Crippen LogP contribution in [0, 0.1) is 0 Å². The summed E-state index contributed by atoms with van der Waals surface area (Å²) in [6.45, 7) is 2.86. The van der Waals surface area contributed by atoms with Crippen LogP contribution in [-0.2, 0) is 16.6 Å². The van der Waals surface area contributed by atoms with E-state index in [4.69, 9.17) is 0 Å². The molecular formula is C15H19N3O2S. The first-order valence-electron chi connectivity index (χ1n) is 6.75. The van der Waals surface area contributed by atoms with E-state index in [-0.39, 0.29) is 5.03 Å². The Hall–Kier alpha value is -1.92. The van der Waals surface area contributed by atoms with Crippen molar-refractivity contribution >= 4 is 15.7 Å². The van der Waals surface area contributed by atoms with Gasteiger partial charge in [0.15, 0.2) is 5.03 Å². The van der Waals surface area contributed by atoms with E-state index in [1.165, 1.54) is 10.5 Å². The molecule has 1 N–H and O–H groups in total. The summed E-state index contributed by atoms with van der Waals surface area (Å²) in [4.78, 5) is 4.04. The lowest BCUT2D eigenvalue weighted by molar-refractivity contribution is 0.464. The van der Waals surface area contributed by atoms with Gasteiger partial charge < -0.3 is 5.32 Å². The second-order valence-corrected chi connectivity index (χ2v) is 6.59. The van der Waals surface area contributed by atoms with Gasteiger partial charge in [0.25, 0.3) is 10.0 Å². The molecule has 0 aliphatic carbocycles. The standard InChI is InChI=1S/C15H19N3O2S/c1-3-16-14-10-7-11-17-15(14)21(19,20)18(2)12-13-8-5-4-6-9-13/h4-11,16H,3,12H2,1-2H3. The highest BCUT2D eigenvalue weighted by Crippen LogP contribution is 2.22. The van der Waals surface area contributed by atoms with E-state index in [1.54, 1.807) is 19.2 Å². The first-order valence-corrected chi connectivity index (χ1v) is 8.19. The first kappa shape index (κ1) is 15.5. The molecule has 5 nitrogen and oxygen atoms in total. The molecule has 1 aromatic heterocycles. The monoisotopic (exact) mass is 305 g/mol. The Bertz CT molecular complexity index is 687. The highest BCUT2D eigenvalue weighted by molar-refractivity contribution is 7.89. The normalized spacial score (nSPS) is 11.6. The van der Waals surface area contributed by atoms with Gasteiger partial charge in [-0.25, -0.2) is 13.4 Å². The fraction of sp³-hybridized carbons (Fsp3) is 0.267. The third-order valence-electron chi connectivity index (χ3n) is 3.04. The average molecular weight is 305 g/mol. The summed E-state index contributed by atoms with van der Waals surface area (Å²) in [5.74, 6) is 0. The summed E-state index contributed by atoms with van der Waals surface area (Å²) in [5, 5.41) is 3.09. The molecule has 6 heteroatoms. The van der Waals surface area contributed by atoms with Gasteiger partial charge in [0.1, 0.15) is 0 Å². The summed E-state index contributed by atoms with van der Waals surface area (Å²) in [7, 11) is -2.07. The van der Waals surface area contributed by atoms with Gasteiger partial charge in [0, 0.05) is 26.3 Å². The lowest BCUT2D eigenvalue weighted by Gasteiger charge is -2.18. The summed E-state index contributed by atoms with van der Waals surface area (Å²) in [6, 6.07) is 12.9. The van der Waals surface area contributed by atoms with Crippen LogP contribution in [0.4, 0.5) is 5.69 Å². The molecule has 0 unspecified atom stereocenters. The molecule has 2 aromatic rings. The van der Waals surface area contributed by atoms with E-state index in [0.29, 0.717) is 18.8 Å². The molecule has 1 heterocycles. The number of pyridine rings is 1. The van der Waals surface area contributed by atoms with Gasteiger partial charge in [0.2, 0.25) is 0 Å². The van der Waals surface area contributed by atoms with Crippen LogP contribution in [0.2, 0.25) is 0 Å². The second-order valence-electron chi connectivity index (χ2n) is 4.63. The minimum Gasteiger partial charge on any atom is -0.383 e. The third-order valence-corrected chi connectivity index (χ3v) is 4.80. The molecule has 0 aliphatic heterocycles. The molecule has 1 aromatic carbocycles. The molecule has 2 rings (SSSR count). The van der Waals surface area contributed by atoms with Crippen LogP contribution in [0.5, 0.6) is 0 Å². The van der Waals surface area contributed by atoms with Crippen molar-refractivity contribution < 1.29 is 8.42 Å². The molecule has 0 atom stereocenters. The lowest BCUT2D eigenvalue weighted by atomic mass is 10.2. The predicted octanol–water partition coefficient (Wildman–Crippen LogP) is 2.33. The van der Waals surface area contributed by atoms with Crippen LogP contribution in [0.25, 0.3) is 0 Å². The van der Waals surface area contributed by atoms with Gasteiger partial charge in [0.05, 0.1) is 5.69 Å². The lowest BCUT2D eigenvalue weighted by Crippen LogP contribution is -2.28.